The molecule has 0 saturated heterocycles. The Hall–Kier alpha value is -2.62. The van der Waals surface area contributed by atoms with Crippen LogP contribution in [0, 0.1) is 0 Å². The second-order valence-corrected chi connectivity index (χ2v) is 5.08. The van der Waals surface area contributed by atoms with Gasteiger partial charge in [-0.15, -0.1) is 0 Å². The number of ether oxygens (including phenoxy) is 2. The van der Waals surface area contributed by atoms with Gasteiger partial charge in [0.25, 0.3) is 0 Å². The fourth-order valence-electron chi connectivity index (χ4n) is 2.02. The van der Waals surface area contributed by atoms with Crippen LogP contribution in [-0.4, -0.2) is 18.5 Å². The van der Waals surface area contributed by atoms with Crippen LogP contribution in [0.15, 0.2) is 60.7 Å². The van der Waals surface area contributed by atoms with Gasteiger partial charge >= 0.3 is 11.9 Å². The number of carbonyl (C=O) groups excluding carboxylic acids is 2. The first-order valence-electron chi connectivity index (χ1n) is 7.70. The minimum absolute atomic E-state index is 0.321. The second kappa shape index (κ2) is 8.73. The maximum Gasteiger partial charge on any atom is 0.352 e. The lowest BCUT2D eigenvalue weighted by molar-refractivity contribution is -0.154. The van der Waals surface area contributed by atoms with E-state index in [1.165, 1.54) is 0 Å². The fraction of sp³-hybridized carbons (Fsp3) is 0.263. The molecule has 0 saturated carbocycles. The van der Waals surface area contributed by atoms with Gasteiger partial charge in [0, 0.05) is 5.56 Å². The van der Waals surface area contributed by atoms with Crippen LogP contribution in [0.2, 0.25) is 0 Å². The number of hydrogen-bond donors (Lipinski definition) is 0. The van der Waals surface area contributed by atoms with E-state index in [9.17, 15) is 9.59 Å². The van der Waals surface area contributed by atoms with Crippen molar-refractivity contribution in [2.75, 3.05) is 6.61 Å². The Bertz CT molecular complexity index is 622. The van der Waals surface area contributed by atoms with Crippen LogP contribution < -0.4 is 0 Å². The molecule has 0 fully saturated rings. The van der Waals surface area contributed by atoms with Crippen LogP contribution in [0.3, 0.4) is 0 Å². The molecule has 2 aromatic carbocycles. The molecule has 0 bridgehead atoms. The lowest BCUT2D eigenvalue weighted by Crippen LogP contribution is -2.22. The second-order valence-electron chi connectivity index (χ2n) is 5.08. The van der Waals surface area contributed by atoms with Crippen molar-refractivity contribution in [3.8, 4) is 0 Å². The largest absolute Gasteiger partial charge is 0.463 e. The third kappa shape index (κ3) is 4.95. The molecule has 4 heteroatoms. The molecule has 0 aliphatic rings. The molecule has 23 heavy (non-hydrogen) atoms. The summed E-state index contributed by atoms with van der Waals surface area (Å²) in [4.78, 5) is 24.5. The molecular formula is C19H20O4. The maximum atomic E-state index is 12.3. The van der Waals surface area contributed by atoms with Gasteiger partial charge in [0.1, 0.15) is 0 Å². The molecule has 0 spiro atoms. The zero-order chi connectivity index (χ0) is 16.5. The molecule has 0 aliphatic heterocycles. The minimum atomic E-state index is -1.05. The predicted molar refractivity (Wildman–Crippen MR) is 86.9 cm³/mol. The summed E-state index contributed by atoms with van der Waals surface area (Å²) < 4.78 is 10.6. The van der Waals surface area contributed by atoms with Gasteiger partial charge in [-0.05, 0) is 18.6 Å². The molecule has 120 valence electrons. The first-order valence-corrected chi connectivity index (χ1v) is 7.70. The summed E-state index contributed by atoms with van der Waals surface area (Å²) >= 11 is 0. The molecule has 1 atom stereocenters. The van der Waals surface area contributed by atoms with Gasteiger partial charge in [-0.3, -0.25) is 0 Å². The molecular weight excluding hydrogens is 292 g/mol. The molecule has 0 amide bonds. The van der Waals surface area contributed by atoms with Crippen LogP contribution in [-0.2, 0) is 14.3 Å². The first kappa shape index (κ1) is 16.7. The van der Waals surface area contributed by atoms with Crippen LogP contribution in [0.4, 0.5) is 0 Å². The van der Waals surface area contributed by atoms with Crippen molar-refractivity contribution in [3.05, 3.63) is 71.8 Å². The van der Waals surface area contributed by atoms with Gasteiger partial charge in [-0.2, -0.15) is 0 Å². The molecule has 1 unspecified atom stereocenters. The molecule has 2 aromatic rings. The average Bonchev–Trinajstić information content (AvgIpc) is 2.61. The molecule has 2 rings (SSSR count). The summed E-state index contributed by atoms with van der Waals surface area (Å²) in [5.74, 6) is -1.10. The van der Waals surface area contributed by atoms with Gasteiger partial charge in [-0.1, -0.05) is 61.9 Å². The van der Waals surface area contributed by atoms with Crippen molar-refractivity contribution in [1.29, 1.82) is 0 Å². The summed E-state index contributed by atoms with van der Waals surface area (Å²) in [5.41, 5.74) is 0.994. The van der Waals surface area contributed by atoms with Crippen molar-refractivity contribution in [3.63, 3.8) is 0 Å². The van der Waals surface area contributed by atoms with Crippen molar-refractivity contribution in [1.82, 2.24) is 0 Å². The SMILES string of the molecule is CCCCOC(=O)C(OC(=O)c1ccccc1)c1ccccc1. The Kier molecular flexibility index (Phi) is 6.36. The highest BCUT2D eigenvalue weighted by Crippen LogP contribution is 2.21. The normalized spacial score (nSPS) is 11.5. The van der Waals surface area contributed by atoms with Crippen LogP contribution in [0.1, 0.15) is 41.8 Å². The zero-order valence-electron chi connectivity index (χ0n) is 13.1. The van der Waals surface area contributed by atoms with E-state index in [0.29, 0.717) is 17.7 Å². The van der Waals surface area contributed by atoms with Crippen molar-refractivity contribution < 1.29 is 19.1 Å². The summed E-state index contributed by atoms with van der Waals surface area (Å²) in [6.07, 6.45) is 0.647. The highest BCUT2D eigenvalue weighted by atomic mass is 16.6. The van der Waals surface area contributed by atoms with E-state index in [1.54, 1.807) is 48.5 Å². The molecule has 0 aliphatic carbocycles. The van der Waals surface area contributed by atoms with Crippen LogP contribution >= 0.6 is 0 Å². The van der Waals surface area contributed by atoms with E-state index in [-0.39, 0.29) is 0 Å². The Morgan fingerprint density at radius 1 is 0.957 bits per heavy atom. The number of esters is 2. The smallest absolute Gasteiger partial charge is 0.352 e. The van der Waals surface area contributed by atoms with Crippen molar-refractivity contribution >= 4 is 11.9 Å². The third-order valence-corrected chi connectivity index (χ3v) is 3.29. The van der Waals surface area contributed by atoms with E-state index in [2.05, 4.69) is 0 Å². The summed E-state index contributed by atoms with van der Waals surface area (Å²) in [6, 6.07) is 17.5. The standard InChI is InChI=1S/C19H20O4/c1-2-3-14-22-19(21)17(15-10-6-4-7-11-15)23-18(20)16-12-8-5-9-13-16/h4-13,17H,2-3,14H2,1H3. The monoisotopic (exact) mass is 312 g/mol. The number of hydrogen-bond acceptors (Lipinski definition) is 4. The zero-order valence-corrected chi connectivity index (χ0v) is 13.1. The quantitative estimate of drug-likeness (QED) is 0.574. The lowest BCUT2D eigenvalue weighted by Gasteiger charge is -2.17. The Labute approximate surface area is 136 Å². The van der Waals surface area contributed by atoms with E-state index in [4.69, 9.17) is 9.47 Å². The van der Waals surface area contributed by atoms with Gasteiger partial charge in [0.05, 0.1) is 12.2 Å². The minimum Gasteiger partial charge on any atom is -0.463 e. The van der Waals surface area contributed by atoms with Gasteiger partial charge in [0.15, 0.2) is 0 Å². The maximum absolute atomic E-state index is 12.3. The number of benzene rings is 2. The lowest BCUT2D eigenvalue weighted by atomic mass is 10.1. The van der Waals surface area contributed by atoms with Gasteiger partial charge in [-0.25, -0.2) is 9.59 Å². The Balaban J connectivity index is 2.13. The topological polar surface area (TPSA) is 52.6 Å². The van der Waals surface area contributed by atoms with E-state index in [1.807, 2.05) is 19.1 Å². The van der Waals surface area contributed by atoms with Gasteiger partial charge in [0.2, 0.25) is 6.10 Å². The number of carbonyl (C=O) groups is 2. The molecule has 0 radical (unpaired) electrons. The van der Waals surface area contributed by atoms with Crippen LogP contribution in [0.25, 0.3) is 0 Å². The van der Waals surface area contributed by atoms with Gasteiger partial charge < -0.3 is 9.47 Å². The Morgan fingerprint density at radius 3 is 2.17 bits per heavy atom. The van der Waals surface area contributed by atoms with Crippen LogP contribution in [0.5, 0.6) is 0 Å². The molecule has 0 aromatic heterocycles. The fourth-order valence-corrected chi connectivity index (χ4v) is 2.02. The third-order valence-electron chi connectivity index (χ3n) is 3.29. The van der Waals surface area contributed by atoms with Crippen molar-refractivity contribution in [2.24, 2.45) is 0 Å². The summed E-state index contributed by atoms with van der Waals surface area (Å²) in [6.45, 7) is 2.33. The number of rotatable bonds is 7. The van der Waals surface area contributed by atoms with E-state index >= 15 is 0 Å². The van der Waals surface area contributed by atoms with E-state index in [0.717, 1.165) is 12.8 Å². The molecule has 0 N–H and O–H groups in total. The molecule has 4 nitrogen and oxygen atoms in total. The Morgan fingerprint density at radius 2 is 1.57 bits per heavy atom. The van der Waals surface area contributed by atoms with Crippen molar-refractivity contribution in [2.45, 2.75) is 25.9 Å². The predicted octanol–water partition coefficient (Wildman–Crippen LogP) is 3.93. The molecule has 0 heterocycles. The van der Waals surface area contributed by atoms with E-state index < -0.39 is 18.0 Å². The summed E-state index contributed by atoms with van der Waals surface area (Å²) in [5, 5.41) is 0. The number of unbranched alkanes of at least 4 members (excludes halogenated alkanes) is 1. The first-order chi connectivity index (χ1) is 11.2. The summed E-state index contributed by atoms with van der Waals surface area (Å²) in [7, 11) is 0. The highest BCUT2D eigenvalue weighted by molar-refractivity contribution is 5.91. The average molecular weight is 312 g/mol. The highest BCUT2D eigenvalue weighted by Gasteiger charge is 2.26.